The van der Waals surface area contributed by atoms with Crippen molar-refractivity contribution >= 4 is 0 Å². The summed E-state index contributed by atoms with van der Waals surface area (Å²) in [5.74, 6) is 0.968. The number of rotatable bonds is 2. The second-order valence-corrected chi connectivity index (χ2v) is 3.98. The van der Waals surface area contributed by atoms with Crippen molar-refractivity contribution in [3.8, 4) is 0 Å². The second-order valence-electron chi connectivity index (χ2n) is 3.98. The highest BCUT2D eigenvalue weighted by molar-refractivity contribution is 4.73. The van der Waals surface area contributed by atoms with Gasteiger partial charge in [0.1, 0.15) is 0 Å². The van der Waals surface area contributed by atoms with E-state index in [0.717, 1.165) is 12.0 Å². The minimum atomic E-state index is 0.808. The summed E-state index contributed by atoms with van der Waals surface area (Å²) in [6.07, 6.45) is 4.11. The van der Waals surface area contributed by atoms with Crippen molar-refractivity contribution in [2.24, 2.45) is 5.92 Å². The summed E-state index contributed by atoms with van der Waals surface area (Å²) in [6.45, 7) is 9.65. The molecule has 0 aliphatic carbocycles. The molecule has 1 saturated heterocycles. The Labute approximate surface area is 70.8 Å². The molecule has 1 atom stereocenters. The van der Waals surface area contributed by atoms with Crippen LogP contribution < -0.4 is 0 Å². The maximum atomic E-state index is 2.62. The Balaban J connectivity index is 2.27. The van der Waals surface area contributed by atoms with Crippen LogP contribution in [0.3, 0.4) is 0 Å². The number of hydrogen-bond donors (Lipinski definition) is 0. The third-order valence-corrected chi connectivity index (χ3v) is 3.03. The van der Waals surface area contributed by atoms with Gasteiger partial charge in [0.15, 0.2) is 0 Å². The average Bonchev–Trinajstić information content (AvgIpc) is 2.05. The van der Waals surface area contributed by atoms with Gasteiger partial charge in [0, 0.05) is 6.04 Å². The van der Waals surface area contributed by atoms with E-state index in [-0.39, 0.29) is 0 Å². The number of nitrogens with zero attached hydrogens (tertiary/aromatic N) is 1. The van der Waals surface area contributed by atoms with Crippen LogP contribution in [0.25, 0.3) is 0 Å². The largest absolute Gasteiger partial charge is 0.301 e. The molecule has 0 spiro atoms. The first-order chi connectivity index (χ1) is 5.24. The Morgan fingerprint density at radius 2 is 1.91 bits per heavy atom. The number of hydrogen-bond acceptors (Lipinski definition) is 1. The van der Waals surface area contributed by atoms with E-state index in [1.54, 1.807) is 0 Å². The lowest BCUT2D eigenvalue weighted by atomic mass is 9.98. The lowest BCUT2D eigenvalue weighted by Gasteiger charge is -2.34. The molecule has 0 aromatic heterocycles. The molecule has 0 aromatic rings. The first-order valence-electron chi connectivity index (χ1n) is 4.98. The fourth-order valence-electron chi connectivity index (χ4n) is 1.73. The highest BCUT2D eigenvalue weighted by atomic mass is 15.1. The van der Waals surface area contributed by atoms with Gasteiger partial charge in [-0.2, -0.15) is 0 Å². The van der Waals surface area contributed by atoms with E-state index < -0.39 is 0 Å². The standard InChI is InChI=1S/C10H21N/c1-4-10(3)11-7-5-9(2)6-8-11/h9-10H,4-8H2,1-3H3/t10-/m1/s1. The van der Waals surface area contributed by atoms with Crippen LogP contribution >= 0.6 is 0 Å². The highest BCUT2D eigenvalue weighted by Crippen LogP contribution is 2.18. The molecule has 1 heterocycles. The molecule has 11 heavy (non-hydrogen) atoms. The zero-order valence-corrected chi connectivity index (χ0v) is 8.14. The summed E-state index contributed by atoms with van der Waals surface area (Å²) < 4.78 is 0. The third kappa shape index (κ3) is 2.48. The number of piperidine rings is 1. The number of likely N-dealkylation sites (tertiary alicyclic amines) is 1. The Morgan fingerprint density at radius 1 is 1.36 bits per heavy atom. The quantitative estimate of drug-likeness (QED) is 0.592. The summed E-state index contributed by atoms with van der Waals surface area (Å²) in [5.41, 5.74) is 0. The molecule has 0 radical (unpaired) electrons. The van der Waals surface area contributed by atoms with E-state index in [2.05, 4.69) is 25.7 Å². The van der Waals surface area contributed by atoms with Gasteiger partial charge in [-0.15, -0.1) is 0 Å². The molecule has 1 nitrogen and oxygen atoms in total. The van der Waals surface area contributed by atoms with Crippen molar-refractivity contribution < 1.29 is 0 Å². The van der Waals surface area contributed by atoms with Crippen LogP contribution in [-0.4, -0.2) is 24.0 Å². The van der Waals surface area contributed by atoms with Crippen LogP contribution in [0.15, 0.2) is 0 Å². The van der Waals surface area contributed by atoms with E-state index in [1.807, 2.05) is 0 Å². The van der Waals surface area contributed by atoms with Crippen LogP contribution in [0.4, 0.5) is 0 Å². The van der Waals surface area contributed by atoms with Gasteiger partial charge in [0.05, 0.1) is 0 Å². The molecule has 66 valence electrons. The third-order valence-electron chi connectivity index (χ3n) is 3.03. The van der Waals surface area contributed by atoms with Crippen LogP contribution in [-0.2, 0) is 0 Å². The van der Waals surface area contributed by atoms with Gasteiger partial charge in [-0.3, -0.25) is 0 Å². The average molecular weight is 155 g/mol. The smallest absolute Gasteiger partial charge is 0.00643 e. The van der Waals surface area contributed by atoms with Crippen molar-refractivity contribution in [2.45, 2.75) is 46.1 Å². The molecule has 1 fully saturated rings. The van der Waals surface area contributed by atoms with Gasteiger partial charge >= 0.3 is 0 Å². The van der Waals surface area contributed by atoms with Gasteiger partial charge in [0.2, 0.25) is 0 Å². The molecule has 0 saturated carbocycles. The van der Waals surface area contributed by atoms with Crippen LogP contribution in [0.5, 0.6) is 0 Å². The maximum absolute atomic E-state index is 2.62. The molecular weight excluding hydrogens is 134 g/mol. The summed E-state index contributed by atoms with van der Waals surface area (Å²) in [4.78, 5) is 2.62. The maximum Gasteiger partial charge on any atom is 0.00643 e. The molecule has 1 rings (SSSR count). The fraction of sp³-hybridized carbons (Fsp3) is 1.00. The second kappa shape index (κ2) is 4.10. The minimum absolute atomic E-state index is 0.808. The van der Waals surface area contributed by atoms with E-state index in [0.29, 0.717) is 0 Å². The zero-order valence-electron chi connectivity index (χ0n) is 8.14. The SMILES string of the molecule is CC[C@@H](C)N1CCC(C)CC1. The molecule has 0 N–H and O–H groups in total. The van der Waals surface area contributed by atoms with Crippen LogP contribution in [0.1, 0.15) is 40.0 Å². The lowest BCUT2D eigenvalue weighted by Crippen LogP contribution is -2.39. The van der Waals surface area contributed by atoms with Crippen molar-refractivity contribution in [1.29, 1.82) is 0 Å². The van der Waals surface area contributed by atoms with Crippen molar-refractivity contribution in [3.05, 3.63) is 0 Å². The molecule has 0 unspecified atom stereocenters. The molecule has 0 amide bonds. The van der Waals surface area contributed by atoms with Crippen molar-refractivity contribution in [2.75, 3.05) is 13.1 Å². The summed E-state index contributed by atoms with van der Waals surface area (Å²) in [6, 6.07) is 0.808. The Morgan fingerprint density at radius 3 is 2.36 bits per heavy atom. The predicted molar refractivity (Wildman–Crippen MR) is 49.7 cm³/mol. The molecule has 1 aliphatic rings. The van der Waals surface area contributed by atoms with Crippen LogP contribution in [0.2, 0.25) is 0 Å². The van der Waals surface area contributed by atoms with E-state index in [1.165, 1.54) is 32.4 Å². The summed E-state index contributed by atoms with van der Waals surface area (Å²) in [7, 11) is 0. The Hall–Kier alpha value is -0.0400. The van der Waals surface area contributed by atoms with Gasteiger partial charge in [0.25, 0.3) is 0 Å². The van der Waals surface area contributed by atoms with E-state index >= 15 is 0 Å². The molecule has 1 heteroatoms. The lowest BCUT2D eigenvalue weighted by molar-refractivity contribution is 0.144. The Bertz CT molecular complexity index is 103. The first kappa shape index (κ1) is 9.05. The molecule has 0 aromatic carbocycles. The first-order valence-corrected chi connectivity index (χ1v) is 4.98. The molecule has 1 aliphatic heterocycles. The normalized spacial score (nSPS) is 25.4. The highest BCUT2D eigenvalue weighted by Gasteiger charge is 2.18. The van der Waals surface area contributed by atoms with Gasteiger partial charge in [-0.1, -0.05) is 13.8 Å². The zero-order chi connectivity index (χ0) is 8.27. The summed E-state index contributed by atoms with van der Waals surface area (Å²) in [5, 5.41) is 0. The Kier molecular flexibility index (Phi) is 3.38. The fourth-order valence-corrected chi connectivity index (χ4v) is 1.73. The topological polar surface area (TPSA) is 3.24 Å². The van der Waals surface area contributed by atoms with Gasteiger partial charge in [-0.25, -0.2) is 0 Å². The van der Waals surface area contributed by atoms with Crippen LogP contribution in [0, 0.1) is 5.92 Å². The van der Waals surface area contributed by atoms with Crippen molar-refractivity contribution in [1.82, 2.24) is 4.90 Å². The van der Waals surface area contributed by atoms with Gasteiger partial charge in [-0.05, 0) is 45.2 Å². The molecular formula is C10H21N. The predicted octanol–water partition coefficient (Wildman–Crippen LogP) is 2.52. The van der Waals surface area contributed by atoms with E-state index in [9.17, 15) is 0 Å². The minimum Gasteiger partial charge on any atom is -0.301 e. The summed E-state index contributed by atoms with van der Waals surface area (Å²) >= 11 is 0. The van der Waals surface area contributed by atoms with Gasteiger partial charge < -0.3 is 4.90 Å². The van der Waals surface area contributed by atoms with Crippen molar-refractivity contribution in [3.63, 3.8) is 0 Å². The monoisotopic (exact) mass is 155 g/mol. The van der Waals surface area contributed by atoms with E-state index in [4.69, 9.17) is 0 Å². The molecule has 0 bridgehead atoms.